The molecule has 3 nitrogen and oxygen atoms in total. The first kappa shape index (κ1) is 13.4. The van der Waals surface area contributed by atoms with E-state index in [1.165, 1.54) is 31.5 Å². The van der Waals surface area contributed by atoms with E-state index in [4.69, 9.17) is 4.74 Å². The van der Waals surface area contributed by atoms with Crippen LogP contribution in [0.4, 0.5) is 0 Å². The van der Waals surface area contributed by atoms with E-state index >= 15 is 0 Å². The molecule has 0 amide bonds. The van der Waals surface area contributed by atoms with Crippen LogP contribution in [-0.4, -0.2) is 44.7 Å². The van der Waals surface area contributed by atoms with E-state index in [0.717, 1.165) is 31.8 Å². The highest BCUT2D eigenvalue weighted by Gasteiger charge is 2.07. The first-order valence-corrected chi connectivity index (χ1v) is 6.94. The fraction of sp³-hybridized carbons (Fsp3) is 0.600. The summed E-state index contributed by atoms with van der Waals surface area (Å²) in [5.74, 6) is 0.962. The van der Waals surface area contributed by atoms with Gasteiger partial charge in [-0.3, -0.25) is 0 Å². The van der Waals surface area contributed by atoms with Crippen molar-refractivity contribution < 1.29 is 4.74 Å². The van der Waals surface area contributed by atoms with Crippen molar-refractivity contribution in [2.75, 3.05) is 39.8 Å². The van der Waals surface area contributed by atoms with Crippen molar-refractivity contribution >= 4 is 0 Å². The number of nitrogens with zero attached hydrogens (tertiary/aromatic N) is 1. The molecule has 1 aliphatic heterocycles. The van der Waals surface area contributed by atoms with Gasteiger partial charge in [0, 0.05) is 6.54 Å². The molecule has 1 heterocycles. The summed E-state index contributed by atoms with van der Waals surface area (Å²) in [7, 11) is 1.73. The van der Waals surface area contributed by atoms with Crippen molar-refractivity contribution in [1.29, 1.82) is 0 Å². The highest BCUT2D eigenvalue weighted by Crippen LogP contribution is 2.13. The second kappa shape index (κ2) is 7.39. The predicted molar refractivity (Wildman–Crippen MR) is 75.2 cm³/mol. The van der Waals surface area contributed by atoms with Crippen molar-refractivity contribution in [2.45, 2.75) is 19.3 Å². The molecule has 18 heavy (non-hydrogen) atoms. The van der Waals surface area contributed by atoms with Crippen LogP contribution in [-0.2, 0) is 6.42 Å². The van der Waals surface area contributed by atoms with E-state index in [0.29, 0.717) is 0 Å². The van der Waals surface area contributed by atoms with Gasteiger partial charge in [-0.15, -0.1) is 0 Å². The van der Waals surface area contributed by atoms with Gasteiger partial charge in [-0.1, -0.05) is 12.1 Å². The van der Waals surface area contributed by atoms with Crippen LogP contribution < -0.4 is 10.1 Å². The van der Waals surface area contributed by atoms with Crippen LogP contribution in [0.3, 0.4) is 0 Å². The molecule has 100 valence electrons. The molecule has 1 N–H and O–H groups in total. The average molecular weight is 248 g/mol. The van der Waals surface area contributed by atoms with Gasteiger partial charge in [-0.25, -0.2) is 0 Å². The Labute approximate surface area is 110 Å². The lowest BCUT2D eigenvalue weighted by molar-refractivity contribution is 0.255. The lowest BCUT2D eigenvalue weighted by Crippen LogP contribution is -2.35. The summed E-state index contributed by atoms with van der Waals surface area (Å²) < 4.78 is 5.26. The maximum atomic E-state index is 5.26. The molecule has 0 spiro atoms. The van der Waals surface area contributed by atoms with Gasteiger partial charge in [0.25, 0.3) is 0 Å². The summed E-state index contributed by atoms with van der Waals surface area (Å²) in [4.78, 5) is 2.58. The molecule has 0 atom stereocenters. The maximum Gasteiger partial charge on any atom is 0.119 e. The molecule has 2 rings (SSSR count). The molecule has 1 saturated heterocycles. The Morgan fingerprint density at radius 3 is 2.72 bits per heavy atom. The van der Waals surface area contributed by atoms with Gasteiger partial charge in [-0.2, -0.15) is 0 Å². The minimum absolute atomic E-state index is 0.962. The second-order valence-corrected chi connectivity index (χ2v) is 4.90. The third-order valence-corrected chi connectivity index (χ3v) is 3.51. The molecule has 0 aromatic heterocycles. The van der Waals surface area contributed by atoms with Crippen molar-refractivity contribution in [3.05, 3.63) is 29.8 Å². The fourth-order valence-electron chi connectivity index (χ4n) is 2.43. The second-order valence-electron chi connectivity index (χ2n) is 4.90. The smallest absolute Gasteiger partial charge is 0.119 e. The zero-order chi connectivity index (χ0) is 12.6. The van der Waals surface area contributed by atoms with Crippen LogP contribution in [0.25, 0.3) is 0 Å². The molecule has 0 unspecified atom stereocenters. The lowest BCUT2D eigenvalue weighted by Gasteiger charge is -2.24. The molecule has 1 aliphatic rings. The van der Waals surface area contributed by atoms with Gasteiger partial charge in [-0.05, 0) is 63.1 Å². The molecule has 1 fully saturated rings. The first-order valence-electron chi connectivity index (χ1n) is 6.94. The summed E-state index contributed by atoms with van der Waals surface area (Å²) in [6.07, 6.45) is 3.64. The third kappa shape index (κ3) is 4.31. The van der Waals surface area contributed by atoms with E-state index in [-0.39, 0.29) is 0 Å². The molecule has 3 heteroatoms. The Bertz CT molecular complexity index is 346. The van der Waals surface area contributed by atoms with Crippen LogP contribution in [0.1, 0.15) is 18.4 Å². The minimum Gasteiger partial charge on any atom is -0.497 e. The zero-order valence-electron chi connectivity index (χ0n) is 11.3. The van der Waals surface area contributed by atoms with Crippen LogP contribution in [0.2, 0.25) is 0 Å². The van der Waals surface area contributed by atoms with E-state index in [1.54, 1.807) is 7.11 Å². The lowest BCUT2D eigenvalue weighted by atomic mass is 10.1. The molecule has 0 saturated carbocycles. The number of ether oxygens (including phenoxy) is 1. The average Bonchev–Trinajstić information content (AvgIpc) is 2.38. The molecule has 0 aliphatic carbocycles. The standard InChI is InChI=1S/C15H24N2O/c1-18-15-6-2-5-14(13-15)7-12-17-10-3-8-16-9-4-11-17/h2,5-6,13,16H,3-4,7-12H2,1H3. The van der Waals surface area contributed by atoms with Crippen molar-refractivity contribution in [2.24, 2.45) is 0 Å². The van der Waals surface area contributed by atoms with E-state index < -0.39 is 0 Å². The molecule has 0 radical (unpaired) electrons. The topological polar surface area (TPSA) is 24.5 Å². The fourth-order valence-corrected chi connectivity index (χ4v) is 2.43. The highest BCUT2D eigenvalue weighted by molar-refractivity contribution is 5.28. The summed E-state index contributed by atoms with van der Waals surface area (Å²) in [6, 6.07) is 8.41. The Hall–Kier alpha value is -1.06. The van der Waals surface area contributed by atoms with Crippen LogP contribution in [0.15, 0.2) is 24.3 Å². The van der Waals surface area contributed by atoms with Gasteiger partial charge >= 0.3 is 0 Å². The van der Waals surface area contributed by atoms with Gasteiger partial charge < -0.3 is 15.0 Å². The Morgan fingerprint density at radius 1 is 1.22 bits per heavy atom. The largest absolute Gasteiger partial charge is 0.497 e. The van der Waals surface area contributed by atoms with Crippen LogP contribution in [0.5, 0.6) is 5.75 Å². The van der Waals surface area contributed by atoms with E-state index in [2.05, 4.69) is 28.4 Å². The Kier molecular flexibility index (Phi) is 5.49. The van der Waals surface area contributed by atoms with E-state index in [9.17, 15) is 0 Å². The van der Waals surface area contributed by atoms with Gasteiger partial charge in [0.1, 0.15) is 5.75 Å². The van der Waals surface area contributed by atoms with Crippen molar-refractivity contribution in [3.63, 3.8) is 0 Å². The van der Waals surface area contributed by atoms with Crippen molar-refractivity contribution in [1.82, 2.24) is 10.2 Å². The molecular weight excluding hydrogens is 224 g/mol. The van der Waals surface area contributed by atoms with Crippen molar-refractivity contribution in [3.8, 4) is 5.75 Å². The number of methoxy groups -OCH3 is 1. The number of hydrogen-bond acceptors (Lipinski definition) is 3. The number of hydrogen-bond donors (Lipinski definition) is 1. The maximum absolute atomic E-state index is 5.26. The summed E-state index contributed by atoms with van der Waals surface area (Å²) in [6.45, 7) is 5.92. The summed E-state index contributed by atoms with van der Waals surface area (Å²) in [5, 5.41) is 3.45. The minimum atomic E-state index is 0.962. The third-order valence-electron chi connectivity index (χ3n) is 3.51. The first-order chi connectivity index (χ1) is 8.88. The SMILES string of the molecule is COc1cccc(CCN2CCCNCCC2)c1. The number of rotatable bonds is 4. The predicted octanol–water partition coefficient (Wildman–Crippen LogP) is 1.92. The van der Waals surface area contributed by atoms with Crippen LogP contribution in [0, 0.1) is 0 Å². The normalized spacial score (nSPS) is 18.1. The molecule has 1 aromatic carbocycles. The van der Waals surface area contributed by atoms with Gasteiger partial charge in [0.05, 0.1) is 7.11 Å². The van der Waals surface area contributed by atoms with E-state index in [1.807, 2.05) is 6.07 Å². The van der Waals surface area contributed by atoms with Gasteiger partial charge in [0.15, 0.2) is 0 Å². The Balaban J connectivity index is 1.81. The van der Waals surface area contributed by atoms with Gasteiger partial charge in [0.2, 0.25) is 0 Å². The Morgan fingerprint density at radius 2 is 2.00 bits per heavy atom. The van der Waals surface area contributed by atoms with Crippen LogP contribution >= 0.6 is 0 Å². The monoisotopic (exact) mass is 248 g/mol. The molecule has 1 aromatic rings. The molecule has 0 bridgehead atoms. The highest BCUT2D eigenvalue weighted by atomic mass is 16.5. The summed E-state index contributed by atoms with van der Waals surface area (Å²) >= 11 is 0. The summed E-state index contributed by atoms with van der Waals surface area (Å²) in [5.41, 5.74) is 1.37. The quantitative estimate of drug-likeness (QED) is 0.881. The number of nitrogens with one attached hydrogen (secondary N) is 1. The zero-order valence-corrected chi connectivity index (χ0v) is 11.3. The molecular formula is C15H24N2O. The number of benzene rings is 1.